The predicted octanol–water partition coefficient (Wildman–Crippen LogP) is 3.40. The van der Waals surface area contributed by atoms with Gasteiger partial charge in [0.2, 0.25) is 0 Å². The summed E-state index contributed by atoms with van der Waals surface area (Å²) >= 11 is 0. The number of nitrogens with one attached hydrogen (secondary N) is 3. The summed E-state index contributed by atoms with van der Waals surface area (Å²) in [6.45, 7) is 7.07. The number of nitrogens with zero attached hydrogens (tertiary/aromatic N) is 2. The molecular weight excluding hydrogens is 377 g/mol. The van der Waals surface area contributed by atoms with E-state index in [2.05, 4.69) is 20.9 Å². The van der Waals surface area contributed by atoms with Crippen molar-refractivity contribution in [1.82, 2.24) is 25.8 Å². The minimum absolute atomic E-state index is 0.282. The molecular formula is C20H24FN5O3. The molecule has 0 saturated carbocycles. The number of benzene rings is 1. The first-order valence-corrected chi connectivity index (χ1v) is 9.31. The highest BCUT2D eigenvalue weighted by Crippen LogP contribution is 2.26. The number of aromatic nitrogens is 1. The van der Waals surface area contributed by atoms with Crippen molar-refractivity contribution in [3.63, 3.8) is 0 Å². The maximum absolute atomic E-state index is 14.4. The molecule has 0 aliphatic carbocycles. The van der Waals surface area contributed by atoms with Crippen LogP contribution in [0.5, 0.6) is 11.5 Å². The van der Waals surface area contributed by atoms with Crippen LogP contribution in [-0.2, 0) is 0 Å². The summed E-state index contributed by atoms with van der Waals surface area (Å²) in [5.74, 6) is 0.550. The molecule has 1 fully saturated rings. The smallest absolute Gasteiger partial charge is 0.328 e. The van der Waals surface area contributed by atoms with Crippen molar-refractivity contribution >= 4 is 12.1 Å². The van der Waals surface area contributed by atoms with Crippen LogP contribution in [0.3, 0.4) is 0 Å². The Hall–Kier alpha value is -3.20. The van der Waals surface area contributed by atoms with Crippen molar-refractivity contribution < 1.29 is 18.7 Å². The maximum atomic E-state index is 14.4. The van der Waals surface area contributed by atoms with Crippen molar-refractivity contribution in [3.05, 3.63) is 53.6 Å². The molecule has 3 rings (SSSR count). The average molecular weight is 401 g/mol. The van der Waals surface area contributed by atoms with Crippen molar-refractivity contribution in [3.8, 4) is 11.5 Å². The van der Waals surface area contributed by atoms with Gasteiger partial charge in [-0.15, -0.1) is 0 Å². The topological polar surface area (TPSA) is 95.6 Å². The van der Waals surface area contributed by atoms with E-state index >= 15 is 0 Å². The minimum atomic E-state index is -0.828. The highest BCUT2D eigenvalue weighted by atomic mass is 19.1. The lowest BCUT2D eigenvalue weighted by Crippen LogP contribution is -2.69. The van der Waals surface area contributed by atoms with E-state index in [0.29, 0.717) is 17.1 Å². The Kier molecular flexibility index (Phi) is 5.97. The third-order valence-electron chi connectivity index (χ3n) is 4.46. The molecule has 8 nitrogen and oxygen atoms in total. The molecule has 2 heterocycles. The Labute approximate surface area is 168 Å². The fourth-order valence-electron chi connectivity index (χ4n) is 2.97. The van der Waals surface area contributed by atoms with E-state index in [0.717, 1.165) is 10.6 Å². The third kappa shape index (κ3) is 4.80. The summed E-state index contributed by atoms with van der Waals surface area (Å²) in [7, 11) is 0. The molecule has 1 saturated heterocycles. The van der Waals surface area contributed by atoms with Gasteiger partial charge in [0.1, 0.15) is 17.3 Å². The highest BCUT2D eigenvalue weighted by Gasteiger charge is 2.33. The number of rotatable bonds is 6. The summed E-state index contributed by atoms with van der Waals surface area (Å²) in [6.07, 6.45) is 0.762. The number of amides is 4. The standard InChI is InChI=1S/C20H24FN5O3/c1-11(2)26-19(27)24-18(25-20(26)28)23-13(4)16-9-14(7-8-17(16)21)29-15-6-5-12(3)22-10-15/h5-11,13,18,23H,1-4H3,(H,24,27)(H,25,28)/t13-/m0/s1. The number of carbonyl (C=O) groups excluding carboxylic acids is 2. The number of aryl methyl sites for hydroxylation is 1. The highest BCUT2D eigenvalue weighted by molar-refractivity contribution is 5.96. The van der Waals surface area contributed by atoms with Crippen LogP contribution < -0.4 is 20.7 Å². The number of imide groups is 1. The van der Waals surface area contributed by atoms with Crippen molar-refractivity contribution in [2.45, 2.75) is 46.1 Å². The van der Waals surface area contributed by atoms with E-state index in [4.69, 9.17) is 4.74 Å². The molecule has 154 valence electrons. The Morgan fingerprint density at radius 2 is 1.76 bits per heavy atom. The van der Waals surface area contributed by atoms with Crippen molar-refractivity contribution in [2.24, 2.45) is 0 Å². The van der Waals surface area contributed by atoms with Gasteiger partial charge < -0.3 is 15.4 Å². The molecule has 1 aromatic carbocycles. The van der Waals surface area contributed by atoms with Gasteiger partial charge in [-0.05, 0) is 58.0 Å². The number of urea groups is 2. The lowest BCUT2D eigenvalue weighted by molar-refractivity contribution is 0.146. The molecule has 1 aliphatic heterocycles. The second-order valence-electron chi connectivity index (χ2n) is 7.10. The zero-order valence-electron chi connectivity index (χ0n) is 16.7. The SMILES string of the molecule is Cc1ccc(Oc2ccc(F)c([C@H](C)NC3NC(=O)N(C(C)C)C(=O)N3)c2)cn1. The van der Waals surface area contributed by atoms with E-state index in [1.165, 1.54) is 12.1 Å². The maximum Gasteiger partial charge on any atom is 0.328 e. The van der Waals surface area contributed by atoms with Gasteiger partial charge in [-0.2, -0.15) is 0 Å². The molecule has 0 radical (unpaired) electrons. The summed E-state index contributed by atoms with van der Waals surface area (Å²) in [5.41, 5.74) is 1.19. The van der Waals surface area contributed by atoms with Crippen LogP contribution in [0, 0.1) is 12.7 Å². The fraction of sp³-hybridized carbons (Fsp3) is 0.350. The number of carbonyl (C=O) groups is 2. The number of ether oxygens (including phenoxy) is 1. The van der Waals surface area contributed by atoms with Gasteiger partial charge in [-0.1, -0.05) is 0 Å². The Balaban J connectivity index is 1.70. The minimum Gasteiger partial charge on any atom is -0.456 e. The lowest BCUT2D eigenvalue weighted by Gasteiger charge is -2.36. The van der Waals surface area contributed by atoms with E-state index in [1.807, 2.05) is 13.0 Å². The zero-order valence-corrected chi connectivity index (χ0v) is 16.7. The van der Waals surface area contributed by atoms with Gasteiger partial charge in [0.25, 0.3) is 0 Å². The van der Waals surface area contributed by atoms with Crippen molar-refractivity contribution in [2.75, 3.05) is 0 Å². The van der Waals surface area contributed by atoms with Crippen LogP contribution in [0.4, 0.5) is 14.0 Å². The van der Waals surface area contributed by atoms with E-state index < -0.39 is 30.2 Å². The van der Waals surface area contributed by atoms with Gasteiger partial charge in [0.15, 0.2) is 6.29 Å². The number of halogens is 1. The third-order valence-corrected chi connectivity index (χ3v) is 4.46. The number of pyridine rings is 1. The second-order valence-corrected chi connectivity index (χ2v) is 7.10. The molecule has 1 atom stereocenters. The van der Waals surface area contributed by atoms with Crippen LogP contribution in [0.2, 0.25) is 0 Å². The number of hydrogen-bond donors (Lipinski definition) is 3. The molecule has 3 N–H and O–H groups in total. The van der Waals surface area contributed by atoms with Crippen LogP contribution >= 0.6 is 0 Å². The molecule has 0 bridgehead atoms. The van der Waals surface area contributed by atoms with Gasteiger partial charge in [-0.25, -0.2) is 18.9 Å². The first-order chi connectivity index (χ1) is 13.7. The molecule has 29 heavy (non-hydrogen) atoms. The molecule has 0 spiro atoms. The quantitative estimate of drug-likeness (QED) is 0.690. The zero-order chi connectivity index (χ0) is 21.1. The van der Waals surface area contributed by atoms with Crippen LogP contribution in [0.1, 0.15) is 38.1 Å². The van der Waals surface area contributed by atoms with Gasteiger partial charge >= 0.3 is 12.1 Å². The van der Waals surface area contributed by atoms with E-state index in [1.54, 1.807) is 39.1 Å². The Morgan fingerprint density at radius 1 is 1.10 bits per heavy atom. The molecule has 1 aromatic heterocycles. The molecule has 0 unspecified atom stereocenters. The predicted molar refractivity (Wildman–Crippen MR) is 105 cm³/mol. The average Bonchev–Trinajstić information content (AvgIpc) is 2.64. The first-order valence-electron chi connectivity index (χ1n) is 9.31. The summed E-state index contributed by atoms with van der Waals surface area (Å²) < 4.78 is 20.1. The summed E-state index contributed by atoms with van der Waals surface area (Å²) in [6, 6.07) is 6.16. The molecule has 1 aliphatic rings. The summed E-state index contributed by atoms with van der Waals surface area (Å²) in [5, 5.41) is 8.28. The molecule has 2 aromatic rings. The van der Waals surface area contributed by atoms with Gasteiger partial charge in [0.05, 0.1) is 6.20 Å². The van der Waals surface area contributed by atoms with Gasteiger partial charge in [-0.3, -0.25) is 10.3 Å². The summed E-state index contributed by atoms with van der Waals surface area (Å²) in [4.78, 5) is 29.5. The van der Waals surface area contributed by atoms with E-state index in [9.17, 15) is 14.0 Å². The largest absolute Gasteiger partial charge is 0.456 e. The fourth-order valence-corrected chi connectivity index (χ4v) is 2.97. The van der Waals surface area contributed by atoms with Crippen LogP contribution in [-0.4, -0.2) is 34.3 Å². The van der Waals surface area contributed by atoms with Gasteiger partial charge in [0, 0.05) is 23.3 Å². The van der Waals surface area contributed by atoms with E-state index in [-0.39, 0.29) is 6.04 Å². The molecule has 4 amide bonds. The number of hydrogen-bond acceptors (Lipinski definition) is 5. The second kappa shape index (κ2) is 8.44. The van der Waals surface area contributed by atoms with Crippen molar-refractivity contribution in [1.29, 1.82) is 0 Å². The monoisotopic (exact) mass is 401 g/mol. The van der Waals surface area contributed by atoms with Crippen LogP contribution in [0.25, 0.3) is 0 Å². The molecule has 9 heteroatoms. The Morgan fingerprint density at radius 3 is 2.34 bits per heavy atom. The first kappa shape index (κ1) is 20.5. The lowest BCUT2D eigenvalue weighted by atomic mass is 10.1. The normalized spacial score (nSPS) is 15.9. The Bertz CT molecular complexity index is 885. The van der Waals surface area contributed by atoms with Crippen LogP contribution in [0.15, 0.2) is 36.5 Å².